The zero-order valence-corrected chi connectivity index (χ0v) is 10.7. The van der Waals surface area contributed by atoms with Crippen molar-refractivity contribution in [3.8, 4) is 0 Å². The van der Waals surface area contributed by atoms with Crippen molar-refractivity contribution in [1.29, 1.82) is 0 Å². The second-order valence-electron chi connectivity index (χ2n) is 4.46. The topological polar surface area (TPSA) is 56.3 Å². The van der Waals surface area contributed by atoms with Crippen molar-refractivity contribution >= 4 is 0 Å². The highest BCUT2D eigenvalue weighted by molar-refractivity contribution is 5.06. The van der Waals surface area contributed by atoms with Crippen molar-refractivity contribution in [3.05, 3.63) is 18.2 Å². The van der Waals surface area contributed by atoms with Gasteiger partial charge in [-0.15, -0.1) is 0 Å². The van der Waals surface area contributed by atoms with Gasteiger partial charge in [0.2, 0.25) is 0 Å². The summed E-state index contributed by atoms with van der Waals surface area (Å²) in [5.41, 5.74) is 7.15. The Bertz CT molecular complexity index is 352. The molecule has 1 fully saturated rings. The molecule has 0 aromatic carbocycles. The Morgan fingerprint density at radius 2 is 2.35 bits per heavy atom. The van der Waals surface area contributed by atoms with E-state index in [1.807, 2.05) is 17.1 Å². The van der Waals surface area contributed by atoms with Gasteiger partial charge in [0.25, 0.3) is 0 Å². The summed E-state index contributed by atoms with van der Waals surface area (Å²) >= 11 is 0. The first kappa shape index (κ1) is 12.5. The Kier molecular flexibility index (Phi) is 4.15. The fourth-order valence-corrected chi connectivity index (χ4v) is 2.15. The maximum absolute atomic E-state index is 6.23. The Balaban J connectivity index is 2.00. The van der Waals surface area contributed by atoms with Crippen LogP contribution in [0.3, 0.4) is 0 Å². The van der Waals surface area contributed by atoms with E-state index in [9.17, 15) is 0 Å². The molecule has 2 heterocycles. The standard InChI is InChI=1S/C12H22N4O/c1-3-15-5-6-17-11(8-15)12(13)10-7-16(4-2)9-14-10/h7,9,11-12H,3-6,8,13H2,1-2H3. The minimum Gasteiger partial charge on any atom is -0.374 e. The van der Waals surface area contributed by atoms with Crippen molar-refractivity contribution in [2.45, 2.75) is 32.5 Å². The molecule has 0 saturated carbocycles. The van der Waals surface area contributed by atoms with Crippen LogP contribution in [-0.4, -0.2) is 46.8 Å². The van der Waals surface area contributed by atoms with E-state index in [0.29, 0.717) is 0 Å². The molecule has 1 saturated heterocycles. The molecule has 2 unspecified atom stereocenters. The molecule has 2 rings (SSSR count). The molecule has 1 aliphatic rings. The summed E-state index contributed by atoms with van der Waals surface area (Å²) in [6, 6.07) is -0.128. The van der Waals surface area contributed by atoms with E-state index in [2.05, 4.69) is 23.7 Å². The summed E-state index contributed by atoms with van der Waals surface area (Å²) in [5.74, 6) is 0. The van der Waals surface area contributed by atoms with Gasteiger partial charge in [-0.05, 0) is 13.5 Å². The Morgan fingerprint density at radius 3 is 3.00 bits per heavy atom. The molecule has 1 aromatic rings. The third-order valence-corrected chi connectivity index (χ3v) is 3.39. The van der Waals surface area contributed by atoms with Crippen LogP contribution in [0.5, 0.6) is 0 Å². The first-order valence-electron chi connectivity index (χ1n) is 6.35. The average Bonchev–Trinajstić information content (AvgIpc) is 2.86. The summed E-state index contributed by atoms with van der Waals surface area (Å²) in [7, 11) is 0. The second-order valence-corrected chi connectivity index (χ2v) is 4.46. The van der Waals surface area contributed by atoms with Gasteiger partial charge in [-0.1, -0.05) is 6.92 Å². The van der Waals surface area contributed by atoms with E-state index in [1.165, 1.54) is 0 Å². The van der Waals surface area contributed by atoms with E-state index < -0.39 is 0 Å². The minimum absolute atomic E-state index is 0.0592. The smallest absolute Gasteiger partial charge is 0.0950 e. The molecule has 96 valence electrons. The van der Waals surface area contributed by atoms with Gasteiger partial charge in [-0.25, -0.2) is 4.98 Å². The molecule has 0 spiro atoms. The summed E-state index contributed by atoms with van der Waals surface area (Å²) in [5, 5.41) is 0. The molecule has 0 bridgehead atoms. The number of likely N-dealkylation sites (N-methyl/N-ethyl adjacent to an activating group) is 1. The largest absolute Gasteiger partial charge is 0.374 e. The van der Waals surface area contributed by atoms with Gasteiger partial charge < -0.3 is 15.0 Å². The van der Waals surface area contributed by atoms with Gasteiger partial charge in [-0.2, -0.15) is 0 Å². The summed E-state index contributed by atoms with van der Waals surface area (Å²) in [4.78, 5) is 6.72. The third-order valence-electron chi connectivity index (χ3n) is 3.39. The number of nitrogens with two attached hydrogens (primary N) is 1. The Morgan fingerprint density at radius 1 is 1.53 bits per heavy atom. The predicted molar refractivity (Wildman–Crippen MR) is 66.7 cm³/mol. The number of aromatic nitrogens is 2. The molecule has 0 radical (unpaired) electrons. The number of imidazole rings is 1. The maximum Gasteiger partial charge on any atom is 0.0950 e. The summed E-state index contributed by atoms with van der Waals surface area (Å²) in [6.45, 7) is 8.90. The predicted octanol–water partition coefficient (Wildman–Crippen LogP) is 0.624. The Labute approximate surface area is 103 Å². The number of hydrogen-bond acceptors (Lipinski definition) is 4. The first-order chi connectivity index (χ1) is 8.24. The monoisotopic (exact) mass is 238 g/mol. The average molecular weight is 238 g/mol. The number of hydrogen-bond donors (Lipinski definition) is 1. The van der Waals surface area contributed by atoms with Crippen molar-refractivity contribution in [2.75, 3.05) is 26.2 Å². The lowest BCUT2D eigenvalue weighted by Crippen LogP contribution is -2.46. The molecule has 5 heteroatoms. The van der Waals surface area contributed by atoms with E-state index in [0.717, 1.165) is 38.5 Å². The SMILES string of the molecule is CCN1CCOC(C(N)c2cn(CC)cn2)C1. The van der Waals surface area contributed by atoms with Crippen LogP contribution in [0.25, 0.3) is 0 Å². The summed E-state index contributed by atoms with van der Waals surface area (Å²) < 4.78 is 7.79. The van der Waals surface area contributed by atoms with Gasteiger partial charge in [0.1, 0.15) is 0 Å². The fourth-order valence-electron chi connectivity index (χ4n) is 2.15. The van der Waals surface area contributed by atoms with E-state index in [1.54, 1.807) is 0 Å². The van der Waals surface area contributed by atoms with Crippen molar-refractivity contribution in [3.63, 3.8) is 0 Å². The van der Waals surface area contributed by atoms with Gasteiger partial charge in [0.05, 0.1) is 30.8 Å². The Hall–Kier alpha value is -0.910. The molecule has 17 heavy (non-hydrogen) atoms. The van der Waals surface area contributed by atoms with Crippen LogP contribution in [-0.2, 0) is 11.3 Å². The van der Waals surface area contributed by atoms with Crippen molar-refractivity contribution in [1.82, 2.24) is 14.5 Å². The highest BCUT2D eigenvalue weighted by Gasteiger charge is 2.27. The minimum atomic E-state index is -0.128. The molecular formula is C12H22N4O. The summed E-state index contributed by atoms with van der Waals surface area (Å²) in [6.07, 6.45) is 3.90. The molecule has 0 amide bonds. The van der Waals surface area contributed by atoms with Crippen LogP contribution in [0.1, 0.15) is 25.6 Å². The molecule has 1 aromatic heterocycles. The molecule has 1 aliphatic heterocycles. The molecular weight excluding hydrogens is 216 g/mol. The van der Waals surface area contributed by atoms with Gasteiger partial charge in [0, 0.05) is 25.8 Å². The van der Waals surface area contributed by atoms with Crippen molar-refractivity contribution in [2.24, 2.45) is 5.73 Å². The van der Waals surface area contributed by atoms with Gasteiger partial charge in [0.15, 0.2) is 0 Å². The number of aryl methyl sites for hydroxylation is 1. The quantitative estimate of drug-likeness (QED) is 0.835. The second kappa shape index (κ2) is 5.62. The normalized spacial score (nSPS) is 23.8. The lowest BCUT2D eigenvalue weighted by Gasteiger charge is -2.34. The lowest BCUT2D eigenvalue weighted by atomic mass is 10.1. The van der Waals surface area contributed by atoms with Crippen LogP contribution in [0.15, 0.2) is 12.5 Å². The van der Waals surface area contributed by atoms with Crippen molar-refractivity contribution < 1.29 is 4.74 Å². The highest BCUT2D eigenvalue weighted by Crippen LogP contribution is 2.18. The number of ether oxygens (including phenoxy) is 1. The molecule has 2 atom stereocenters. The zero-order valence-electron chi connectivity index (χ0n) is 10.7. The third kappa shape index (κ3) is 2.86. The number of rotatable bonds is 4. The van der Waals surface area contributed by atoms with E-state index in [-0.39, 0.29) is 12.1 Å². The van der Waals surface area contributed by atoms with Gasteiger partial charge >= 0.3 is 0 Å². The van der Waals surface area contributed by atoms with Crippen LogP contribution < -0.4 is 5.73 Å². The molecule has 5 nitrogen and oxygen atoms in total. The zero-order chi connectivity index (χ0) is 12.3. The molecule has 2 N–H and O–H groups in total. The van der Waals surface area contributed by atoms with Crippen LogP contribution >= 0.6 is 0 Å². The maximum atomic E-state index is 6.23. The van der Waals surface area contributed by atoms with E-state index >= 15 is 0 Å². The fraction of sp³-hybridized carbons (Fsp3) is 0.750. The van der Waals surface area contributed by atoms with Gasteiger partial charge in [-0.3, -0.25) is 4.90 Å². The van der Waals surface area contributed by atoms with E-state index in [4.69, 9.17) is 10.5 Å². The number of nitrogens with zero attached hydrogens (tertiary/aromatic N) is 3. The highest BCUT2D eigenvalue weighted by atomic mass is 16.5. The molecule has 0 aliphatic carbocycles. The number of morpholine rings is 1. The lowest BCUT2D eigenvalue weighted by molar-refractivity contribution is -0.0398. The van der Waals surface area contributed by atoms with Crippen LogP contribution in [0.4, 0.5) is 0 Å². The van der Waals surface area contributed by atoms with Crippen LogP contribution in [0.2, 0.25) is 0 Å². The first-order valence-corrected chi connectivity index (χ1v) is 6.35. The van der Waals surface area contributed by atoms with Crippen LogP contribution in [0, 0.1) is 0 Å².